The zero-order valence-corrected chi connectivity index (χ0v) is 62.1. The summed E-state index contributed by atoms with van der Waals surface area (Å²) in [7, 11) is 0. The molecule has 0 spiro atoms. The summed E-state index contributed by atoms with van der Waals surface area (Å²) in [4.78, 5) is 90.7. The molecule has 45 nitrogen and oxygen atoms in total. The van der Waals surface area contributed by atoms with Crippen molar-refractivity contribution in [1.29, 1.82) is 0 Å². The van der Waals surface area contributed by atoms with Crippen LogP contribution >= 0.6 is 0 Å². The van der Waals surface area contributed by atoms with Crippen molar-refractivity contribution < 1.29 is 197 Å². The molecule has 0 bridgehead atoms. The molecule has 8 aliphatic rings. The van der Waals surface area contributed by atoms with Crippen LogP contribution < -0.4 is 26.6 Å². The average Bonchev–Trinajstić information content (AvgIpc) is 1.73. The number of aliphatic carboxylic acids is 1. The number of Topliss-reactive ketones (excluding diaryl/α,β-unsaturated/α-hetero) is 1. The fraction of sp³-hybridized carbons (Fsp3) is 0.729. The average molecular weight is 1650 g/mol. The van der Waals surface area contributed by atoms with E-state index in [0.29, 0.717) is 0 Å². The molecule has 45 heteroatoms. The van der Waals surface area contributed by atoms with Crippen molar-refractivity contribution in [2.45, 2.75) is 267 Å². The van der Waals surface area contributed by atoms with Gasteiger partial charge in [0.1, 0.15) is 183 Å². The van der Waals surface area contributed by atoms with Gasteiger partial charge >= 0.3 is 12.1 Å². The van der Waals surface area contributed by atoms with Gasteiger partial charge < -0.3 is 190 Å². The molecule has 115 heavy (non-hydrogen) atoms. The largest absolute Gasteiger partial charge is 0.480 e. The number of amides is 5. The summed E-state index contributed by atoms with van der Waals surface area (Å²) in [6.45, 7) is -3.85. The molecule has 10 rings (SSSR count). The van der Waals surface area contributed by atoms with E-state index in [0.717, 1.165) is 49.9 Å². The van der Waals surface area contributed by atoms with E-state index in [1.165, 1.54) is 0 Å². The van der Waals surface area contributed by atoms with Crippen LogP contribution in [0.2, 0.25) is 0 Å². The summed E-state index contributed by atoms with van der Waals surface area (Å²) >= 11 is 0. The van der Waals surface area contributed by atoms with Gasteiger partial charge in [0, 0.05) is 46.5 Å². The molecule has 646 valence electrons. The number of ether oxygens (including phenoxy) is 14. The fourth-order valence-electron chi connectivity index (χ4n) is 15.3. The molecule has 1 aliphatic carbocycles. The Morgan fingerprint density at radius 3 is 1.19 bits per heavy atom. The monoisotopic (exact) mass is 1650 g/mol. The Bertz CT molecular complexity index is 3550. The van der Waals surface area contributed by atoms with E-state index in [9.17, 15) is 131 Å². The van der Waals surface area contributed by atoms with Gasteiger partial charge in [0.2, 0.25) is 23.6 Å². The molecule has 2 aromatic carbocycles. The summed E-state index contributed by atoms with van der Waals surface area (Å²) in [5, 5.41) is 224. The predicted octanol–water partition coefficient (Wildman–Crippen LogP) is -12.3. The van der Waals surface area contributed by atoms with Crippen LogP contribution in [0.5, 0.6) is 0 Å². The number of benzene rings is 2. The molecule has 16 unspecified atom stereocenters. The second kappa shape index (κ2) is 40.0. The van der Waals surface area contributed by atoms with Crippen molar-refractivity contribution in [2.75, 3.05) is 52.9 Å². The number of ketones is 1. The van der Waals surface area contributed by atoms with Crippen LogP contribution in [0.15, 0.2) is 48.5 Å². The van der Waals surface area contributed by atoms with Gasteiger partial charge in [-0.25, -0.2) is 9.59 Å². The van der Waals surface area contributed by atoms with Crippen LogP contribution in [0.3, 0.4) is 0 Å². The number of alkyl carbamates (subject to hydrolysis) is 1. The van der Waals surface area contributed by atoms with E-state index in [4.69, 9.17) is 66.3 Å². The Morgan fingerprint density at radius 1 is 0.365 bits per heavy atom. The zero-order valence-electron chi connectivity index (χ0n) is 62.1. The molecule has 7 heterocycles. The second-order valence-electron chi connectivity index (χ2n) is 29.0. The van der Waals surface area contributed by atoms with Crippen LogP contribution in [0.25, 0.3) is 11.1 Å². The second-order valence-corrected chi connectivity index (χ2v) is 29.0. The third kappa shape index (κ3) is 20.5. The first-order valence-electron chi connectivity index (χ1n) is 36.9. The van der Waals surface area contributed by atoms with E-state index in [2.05, 4.69) is 26.6 Å². The van der Waals surface area contributed by atoms with Crippen molar-refractivity contribution in [2.24, 2.45) is 0 Å². The highest BCUT2D eigenvalue weighted by Gasteiger charge is 2.60. The molecule has 7 fully saturated rings. The maximum atomic E-state index is 13.9. The van der Waals surface area contributed by atoms with Gasteiger partial charge in [-0.05, 0) is 22.3 Å². The van der Waals surface area contributed by atoms with Crippen molar-refractivity contribution in [3.8, 4) is 11.1 Å². The molecule has 7 aliphatic heterocycles. The highest BCUT2D eigenvalue weighted by atomic mass is 16.8. The lowest BCUT2D eigenvalue weighted by molar-refractivity contribution is -0.395. The number of hydrogen-bond donors (Lipinski definition) is 24. The van der Waals surface area contributed by atoms with Crippen LogP contribution in [-0.4, -0.2) is 412 Å². The summed E-state index contributed by atoms with van der Waals surface area (Å²) in [5.74, 6) is -6.49. The van der Waals surface area contributed by atoms with Gasteiger partial charge in [0.15, 0.2) is 37.7 Å². The topological polar surface area (TPSA) is 693 Å². The number of carbonyl (C=O) groups excluding carboxylic acids is 6. The summed E-state index contributed by atoms with van der Waals surface area (Å²) in [5.41, 5.74) is 3.53. The summed E-state index contributed by atoms with van der Waals surface area (Å²) in [6.07, 6.45) is -66.5. The van der Waals surface area contributed by atoms with Crippen LogP contribution in [0, 0.1) is 0 Å². The molecule has 0 radical (unpaired) electrons. The number of fused-ring (bicyclic) bond motifs is 3. The number of nitrogens with one attached hydrogen (secondary N) is 5. The van der Waals surface area contributed by atoms with Gasteiger partial charge in [-0.1, -0.05) is 48.5 Å². The normalized spacial score (nSPS) is 40.3. The van der Waals surface area contributed by atoms with Crippen LogP contribution in [-0.2, 0) is 95.1 Å². The number of rotatable bonds is 31. The number of carboxylic acids is 1. The summed E-state index contributed by atoms with van der Waals surface area (Å²) in [6, 6.07) is 5.81. The Kier molecular flexibility index (Phi) is 31.6. The Morgan fingerprint density at radius 2 is 0.730 bits per heavy atom. The predicted molar refractivity (Wildman–Crippen MR) is 370 cm³/mol. The maximum Gasteiger partial charge on any atom is 0.407 e. The van der Waals surface area contributed by atoms with Crippen molar-refractivity contribution in [3.05, 3.63) is 59.7 Å². The fourth-order valence-corrected chi connectivity index (χ4v) is 15.3. The van der Waals surface area contributed by atoms with Gasteiger partial charge in [0.25, 0.3) is 0 Å². The van der Waals surface area contributed by atoms with E-state index in [1.54, 1.807) is 0 Å². The van der Waals surface area contributed by atoms with Crippen molar-refractivity contribution in [1.82, 2.24) is 26.6 Å². The van der Waals surface area contributed by atoms with E-state index in [-0.39, 0.29) is 6.61 Å². The Hall–Kier alpha value is -6.51. The highest BCUT2D eigenvalue weighted by molar-refractivity contribution is 5.88. The number of hydrogen-bond acceptors (Lipinski definition) is 39. The van der Waals surface area contributed by atoms with E-state index >= 15 is 0 Å². The first-order valence-corrected chi connectivity index (χ1v) is 36.9. The first-order chi connectivity index (χ1) is 54.7. The smallest absolute Gasteiger partial charge is 0.407 e. The lowest BCUT2D eigenvalue weighted by Gasteiger charge is -2.51. The Balaban J connectivity index is 0.906. The van der Waals surface area contributed by atoms with Crippen LogP contribution in [0.1, 0.15) is 57.6 Å². The lowest BCUT2D eigenvalue weighted by Crippen LogP contribution is -2.70. The van der Waals surface area contributed by atoms with Gasteiger partial charge in [-0.3, -0.25) is 24.0 Å². The molecule has 2 aromatic rings. The number of carboxylic acid groups (broad SMARTS) is 1. The number of aliphatic hydroxyl groups excluding tert-OH is 18. The van der Waals surface area contributed by atoms with Gasteiger partial charge in [-0.15, -0.1) is 0 Å². The molecule has 7 saturated heterocycles. The minimum absolute atomic E-state index is 0.219. The van der Waals surface area contributed by atoms with Gasteiger partial charge in [0.05, 0.1) is 58.4 Å². The zero-order chi connectivity index (χ0) is 83.9. The molecule has 5 amide bonds. The quantitative estimate of drug-likeness (QED) is 0.0333. The van der Waals surface area contributed by atoms with Gasteiger partial charge in [-0.2, -0.15) is 0 Å². The SMILES string of the molecule is CC(=O)NC1C(O)[C@H](O)[C@H](CO)O[C@H]1OC1[C@@H](OCC2O[C@@H](O[C@@H]3C(CO)O[C@@H](O[C@@H]4C(CO)O[C@@H](CC(=O)CC(NC(=O)OCC5c6ccccc6-c6ccccc65)C(=O)O)C(NC(C)=O)[C@H]4O)C(NC(C)=O)[C@H]3O)C(O)[C@@H](O[C@H]3OC(CO)[C@@H](O)C(O)C3O[C@@H]3OC(CO)[C@@H](O)[C@H](O)C3NC(C)=O)[C@@H]2O)OC(CO)[C@@H](O)[C@@H]1O. The third-order valence-electron chi connectivity index (χ3n) is 21.1. The standard InChI is InChI=1S/C70H101N5O40/c1-23(82)71-42-34(14-27(86)13-33(63(99)100)75-70(101)103-21-32-30-11-7-5-9-28(30)29-10-6-8-12-31(29)32)104-39(19-80)58(53(42)94)111-66-45(74-26(4)85)54(95)59(40(20-81)109-66)112-67-57(98)60(113-69-62(56(97)49(90)38(18-79)108-69)115-65-44(73-25(3)84)52(93)47(88)36(16-77)106-65)50(91)41(110-67)22-102-68-61(55(96)48(89)37(17-78)107-68)114-64-43(72-24(2)83)51(92)46(87)35(15-76)105-64/h5-12,32-62,64-69,76-81,87-98H,13-22H2,1-4H3,(H,71,82)(H,72,83)(H,73,84)(H,74,85)(H,75,101)(H,99,100)/t33?,34-,35-,36?,37?,38?,39?,40?,41?,42?,43?,44?,45?,46+,47+,48+,49+,50+,51?,52+,53+,54+,55-,56?,57?,58+,59+,60-,61?,62?,64-,65-,66-,67-,68-,69+/m0/s1. The Labute approximate surface area is 653 Å². The highest BCUT2D eigenvalue weighted by Crippen LogP contribution is 2.45. The number of carbonyl (C=O) groups is 7. The molecule has 0 saturated carbocycles. The molecule has 36 atom stereocenters. The van der Waals surface area contributed by atoms with Crippen LogP contribution in [0.4, 0.5) is 4.79 Å². The van der Waals surface area contributed by atoms with Crippen molar-refractivity contribution in [3.63, 3.8) is 0 Å². The third-order valence-corrected chi connectivity index (χ3v) is 21.1. The maximum absolute atomic E-state index is 13.9. The molecular formula is C70H101N5O40. The molecule has 24 N–H and O–H groups in total. The minimum atomic E-state index is -2.52. The molecular weight excluding hydrogens is 1550 g/mol. The minimum Gasteiger partial charge on any atom is -0.480 e. The van der Waals surface area contributed by atoms with E-state index in [1.807, 2.05) is 48.5 Å². The van der Waals surface area contributed by atoms with Crippen molar-refractivity contribution >= 4 is 41.5 Å². The molecule has 0 aromatic heterocycles. The number of aliphatic hydroxyl groups is 18. The summed E-state index contributed by atoms with van der Waals surface area (Å²) < 4.78 is 83.7. The lowest BCUT2D eigenvalue weighted by atomic mass is 9.88. The van der Waals surface area contributed by atoms with E-state index < -0.39 is 327 Å². The first kappa shape index (κ1) is 90.8.